The molecule has 2 N–H and O–H groups in total. The number of hydrogen-bond acceptors (Lipinski definition) is 2. The Morgan fingerprint density at radius 1 is 1.24 bits per heavy atom. The zero-order valence-electron chi connectivity index (χ0n) is 11.6. The van der Waals surface area contributed by atoms with Gasteiger partial charge in [0.05, 0.1) is 5.71 Å². The maximum absolute atomic E-state index is 6.23. The lowest BCUT2D eigenvalue weighted by molar-refractivity contribution is -0.482. The first kappa shape index (κ1) is 12.6. The van der Waals surface area contributed by atoms with E-state index in [9.17, 15) is 0 Å². The molecule has 0 saturated heterocycles. The normalized spacial score (nSPS) is 26.5. The van der Waals surface area contributed by atoms with Gasteiger partial charge in [-0.1, -0.05) is 47.0 Å². The van der Waals surface area contributed by atoms with Crippen LogP contribution in [0.5, 0.6) is 0 Å². The predicted molar refractivity (Wildman–Crippen MR) is 85.9 cm³/mol. The average molecular weight is 297 g/mol. The molecule has 3 aliphatic rings. The highest BCUT2D eigenvalue weighted by Crippen LogP contribution is 2.35. The van der Waals surface area contributed by atoms with E-state index in [1.54, 1.807) is 0 Å². The van der Waals surface area contributed by atoms with E-state index < -0.39 is 0 Å². The van der Waals surface area contributed by atoms with Crippen molar-refractivity contribution < 1.29 is 4.99 Å². The van der Waals surface area contributed by atoms with Crippen LogP contribution < -0.4 is 10.4 Å². The van der Waals surface area contributed by atoms with Gasteiger partial charge in [0.1, 0.15) is 12.0 Å². The molecule has 3 nitrogen and oxygen atoms in total. The standard InChI is InChI=1S/C17H14ClN3/c1-10-15-16(11-5-3-2-4-6-11)13-9-12(18)7-8-14(13)19-17(15)21-20-10/h2-9,14-15H,1H3,(H,19,21)/p+1/t14-,15-/m1/s1. The second-order valence-corrected chi connectivity index (χ2v) is 5.89. The van der Waals surface area contributed by atoms with Gasteiger partial charge in [0.2, 0.25) is 0 Å². The largest absolute Gasteiger partial charge is 0.282 e. The van der Waals surface area contributed by atoms with Gasteiger partial charge in [0, 0.05) is 10.6 Å². The van der Waals surface area contributed by atoms with E-state index in [1.807, 2.05) is 12.1 Å². The van der Waals surface area contributed by atoms with E-state index in [4.69, 9.17) is 11.6 Å². The molecule has 1 aromatic carbocycles. The molecule has 0 spiro atoms. The number of hydrazone groups is 1. The Labute approximate surface area is 128 Å². The zero-order chi connectivity index (χ0) is 14.4. The highest BCUT2D eigenvalue weighted by atomic mass is 35.5. The molecule has 0 bridgehead atoms. The van der Waals surface area contributed by atoms with Crippen LogP contribution >= 0.6 is 11.6 Å². The summed E-state index contributed by atoms with van der Waals surface area (Å²) in [6.45, 7) is 2.06. The van der Waals surface area contributed by atoms with Gasteiger partial charge in [-0.3, -0.25) is 4.99 Å². The minimum Gasteiger partial charge on any atom is -0.265 e. The summed E-state index contributed by atoms with van der Waals surface area (Å²) in [4.78, 5) is 3.51. The first-order chi connectivity index (χ1) is 10.2. The first-order valence-electron chi connectivity index (χ1n) is 7.02. The maximum atomic E-state index is 6.23. The number of benzene rings is 1. The Morgan fingerprint density at radius 2 is 2.05 bits per heavy atom. The fraction of sp³-hybridized carbons (Fsp3) is 0.176. The van der Waals surface area contributed by atoms with Crippen LogP contribution in [0.3, 0.4) is 0 Å². The van der Waals surface area contributed by atoms with Crippen molar-refractivity contribution in [3.05, 3.63) is 64.7 Å². The summed E-state index contributed by atoms with van der Waals surface area (Å²) in [5.41, 5.74) is 7.92. The Morgan fingerprint density at radius 3 is 2.86 bits per heavy atom. The molecule has 0 fully saturated rings. The number of amidine groups is 1. The molecular formula is C17H15ClN3+. The summed E-state index contributed by atoms with van der Waals surface area (Å²) in [6.07, 6.45) is 6.10. The lowest BCUT2D eigenvalue weighted by Gasteiger charge is -2.26. The van der Waals surface area contributed by atoms with E-state index in [0.29, 0.717) is 0 Å². The summed E-state index contributed by atoms with van der Waals surface area (Å²) in [5, 5.41) is 5.15. The number of allylic oxidation sites excluding steroid dienone is 2. The molecule has 104 valence electrons. The van der Waals surface area contributed by atoms with Gasteiger partial charge in [-0.2, -0.15) is 5.43 Å². The summed E-state index contributed by atoms with van der Waals surface area (Å²) in [5.74, 6) is 1.21. The number of nitrogens with one attached hydrogen (secondary N) is 2. The molecule has 0 saturated carbocycles. The summed E-state index contributed by atoms with van der Waals surface area (Å²) in [7, 11) is 0. The molecule has 0 unspecified atom stereocenters. The number of hydrogen-bond donors (Lipinski definition) is 2. The van der Waals surface area contributed by atoms with Crippen molar-refractivity contribution in [3.63, 3.8) is 0 Å². The summed E-state index contributed by atoms with van der Waals surface area (Å²) < 4.78 is 0. The van der Waals surface area contributed by atoms with Crippen molar-refractivity contribution in [3.8, 4) is 0 Å². The van der Waals surface area contributed by atoms with Crippen molar-refractivity contribution in [2.24, 2.45) is 11.0 Å². The fourth-order valence-corrected chi connectivity index (χ4v) is 3.38. The predicted octanol–water partition coefficient (Wildman–Crippen LogP) is 1.59. The number of nitrogens with zero attached hydrogens (tertiary/aromatic N) is 1. The van der Waals surface area contributed by atoms with Crippen molar-refractivity contribution in [1.82, 2.24) is 5.43 Å². The molecule has 0 radical (unpaired) electrons. The van der Waals surface area contributed by atoms with Crippen LogP contribution in [0.1, 0.15) is 12.5 Å². The smallest absolute Gasteiger partial charge is 0.265 e. The zero-order valence-corrected chi connectivity index (χ0v) is 12.4. The Kier molecular flexibility index (Phi) is 2.82. The molecule has 0 amide bonds. The van der Waals surface area contributed by atoms with Gasteiger partial charge in [0.15, 0.2) is 0 Å². The molecule has 1 aliphatic carbocycles. The Hall–Kier alpha value is -2.13. The molecule has 2 heterocycles. The van der Waals surface area contributed by atoms with E-state index in [-0.39, 0.29) is 12.0 Å². The van der Waals surface area contributed by atoms with Crippen LogP contribution in [-0.2, 0) is 0 Å². The van der Waals surface area contributed by atoms with E-state index >= 15 is 0 Å². The second kappa shape index (κ2) is 4.71. The quantitative estimate of drug-likeness (QED) is 0.811. The van der Waals surface area contributed by atoms with Crippen LogP contribution in [0, 0.1) is 5.92 Å². The molecule has 0 aromatic heterocycles. The van der Waals surface area contributed by atoms with E-state index in [2.05, 4.69) is 58.9 Å². The molecule has 2 atom stereocenters. The third kappa shape index (κ3) is 1.96. The Balaban J connectivity index is 1.96. The van der Waals surface area contributed by atoms with Gasteiger partial charge in [-0.15, -0.1) is 0 Å². The van der Waals surface area contributed by atoms with E-state index in [1.165, 1.54) is 16.7 Å². The van der Waals surface area contributed by atoms with Crippen LogP contribution in [-0.4, -0.2) is 17.6 Å². The molecule has 1 aromatic rings. The molecule has 2 aliphatic heterocycles. The van der Waals surface area contributed by atoms with Gasteiger partial charge in [-0.25, -0.2) is 0 Å². The third-order valence-corrected chi connectivity index (χ3v) is 4.37. The summed E-state index contributed by atoms with van der Waals surface area (Å²) >= 11 is 6.23. The van der Waals surface area contributed by atoms with Crippen molar-refractivity contribution in [2.45, 2.75) is 13.0 Å². The number of halogens is 1. The van der Waals surface area contributed by atoms with Crippen molar-refractivity contribution in [1.29, 1.82) is 0 Å². The topological polar surface area (TPSA) is 38.4 Å². The minimum absolute atomic E-state index is 0.141. The van der Waals surface area contributed by atoms with Crippen molar-refractivity contribution >= 4 is 28.7 Å². The fourth-order valence-electron chi connectivity index (χ4n) is 3.19. The Bertz CT molecular complexity index is 753. The number of rotatable bonds is 1. The monoisotopic (exact) mass is 296 g/mol. The van der Waals surface area contributed by atoms with Crippen molar-refractivity contribution in [2.75, 3.05) is 0 Å². The third-order valence-electron chi connectivity index (χ3n) is 4.13. The van der Waals surface area contributed by atoms with Crippen LogP contribution in [0.15, 0.2) is 64.3 Å². The van der Waals surface area contributed by atoms with Crippen LogP contribution in [0.2, 0.25) is 0 Å². The highest BCUT2D eigenvalue weighted by Gasteiger charge is 2.41. The molecule has 21 heavy (non-hydrogen) atoms. The van der Waals surface area contributed by atoms with E-state index in [0.717, 1.165) is 16.6 Å². The lowest BCUT2D eigenvalue weighted by Crippen LogP contribution is -2.84. The minimum atomic E-state index is 0.141. The van der Waals surface area contributed by atoms with Crippen LogP contribution in [0.4, 0.5) is 0 Å². The lowest BCUT2D eigenvalue weighted by atomic mass is 9.80. The average Bonchev–Trinajstić information content (AvgIpc) is 2.87. The highest BCUT2D eigenvalue weighted by molar-refractivity contribution is 6.31. The van der Waals surface area contributed by atoms with Gasteiger partial charge < -0.3 is 0 Å². The first-order valence-corrected chi connectivity index (χ1v) is 7.40. The van der Waals surface area contributed by atoms with Gasteiger partial charge in [-0.05, 0) is 36.3 Å². The second-order valence-electron chi connectivity index (χ2n) is 5.46. The van der Waals surface area contributed by atoms with Crippen LogP contribution in [0.25, 0.3) is 5.57 Å². The summed E-state index contributed by atoms with van der Waals surface area (Å²) in [6, 6.07) is 10.6. The molecule has 4 heteroatoms. The van der Waals surface area contributed by atoms with Gasteiger partial charge >= 0.3 is 0 Å². The maximum Gasteiger partial charge on any atom is 0.282 e. The molecular weight excluding hydrogens is 282 g/mol. The number of fused-ring (bicyclic) bond motifs is 2. The molecule has 4 rings (SSSR count). The van der Waals surface area contributed by atoms with Gasteiger partial charge in [0.25, 0.3) is 5.84 Å². The SMILES string of the molecule is CC1=NNC2=[NH+][C@@H]3C=CC(Cl)=CC3=C(c3ccccc3)[C@@H]12.